The number of amides is 4. The number of thiophene rings is 1. The Labute approximate surface area is 134 Å². The average Bonchev–Trinajstić information content (AvgIpc) is 3.13. The van der Waals surface area contributed by atoms with Crippen LogP contribution < -0.4 is 16.2 Å². The van der Waals surface area contributed by atoms with E-state index in [4.69, 9.17) is 0 Å². The molecule has 1 aromatic rings. The number of urea groups is 1. The minimum atomic E-state index is -0.619. The minimum Gasteiger partial charge on any atom is -0.341 e. The first-order valence-corrected chi connectivity index (χ1v) is 8.04. The lowest BCUT2D eigenvalue weighted by Gasteiger charge is -2.15. The molecule has 0 radical (unpaired) electrons. The molecule has 9 heteroatoms. The van der Waals surface area contributed by atoms with Crippen molar-refractivity contribution in [3.05, 3.63) is 20.8 Å². The van der Waals surface area contributed by atoms with Crippen LogP contribution in [0.1, 0.15) is 22.5 Å². The largest absolute Gasteiger partial charge is 0.341 e. The van der Waals surface area contributed by atoms with Gasteiger partial charge in [-0.2, -0.15) is 0 Å². The van der Waals surface area contributed by atoms with Gasteiger partial charge in [-0.15, -0.1) is 11.3 Å². The predicted molar refractivity (Wildman–Crippen MR) is 81.8 cm³/mol. The topological polar surface area (TPSA) is 90.5 Å². The summed E-state index contributed by atoms with van der Waals surface area (Å²) in [5, 5.41) is 2.41. The highest BCUT2D eigenvalue weighted by atomic mass is 79.9. The zero-order chi connectivity index (χ0) is 15.2. The summed E-state index contributed by atoms with van der Waals surface area (Å²) in [6.07, 6.45) is 2.01. The minimum absolute atomic E-state index is 0.0771. The van der Waals surface area contributed by atoms with Crippen LogP contribution in [-0.4, -0.2) is 42.4 Å². The molecule has 1 saturated heterocycles. The summed E-state index contributed by atoms with van der Waals surface area (Å²) in [5.41, 5.74) is 4.48. The Bertz CT molecular complexity index is 542. The van der Waals surface area contributed by atoms with E-state index in [1.807, 2.05) is 0 Å². The number of halogens is 1. The molecule has 1 aliphatic rings. The Morgan fingerprint density at radius 1 is 1.19 bits per heavy atom. The van der Waals surface area contributed by atoms with E-state index in [0.717, 1.165) is 29.7 Å². The molecule has 4 amide bonds. The Morgan fingerprint density at radius 3 is 2.52 bits per heavy atom. The SMILES string of the molecule is O=C(NCC(=O)N1CCCC1)NNC(=O)c1ccc(Br)s1. The van der Waals surface area contributed by atoms with Crippen LogP contribution >= 0.6 is 27.3 Å². The maximum atomic E-state index is 11.7. The number of rotatable bonds is 3. The molecule has 2 rings (SSSR count). The van der Waals surface area contributed by atoms with Crippen molar-refractivity contribution < 1.29 is 14.4 Å². The van der Waals surface area contributed by atoms with Crippen molar-refractivity contribution in [2.45, 2.75) is 12.8 Å². The lowest BCUT2D eigenvalue weighted by Crippen LogP contribution is -2.49. The molecular formula is C12H15BrN4O3S. The molecule has 1 aromatic heterocycles. The van der Waals surface area contributed by atoms with Gasteiger partial charge in [0.2, 0.25) is 5.91 Å². The number of nitrogens with one attached hydrogen (secondary N) is 3. The molecule has 1 fully saturated rings. The van der Waals surface area contributed by atoms with Gasteiger partial charge in [-0.25, -0.2) is 10.2 Å². The van der Waals surface area contributed by atoms with Gasteiger partial charge in [-0.1, -0.05) is 0 Å². The third kappa shape index (κ3) is 4.71. The molecule has 0 aliphatic carbocycles. The molecule has 7 nitrogen and oxygen atoms in total. The third-order valence-electron chi connectivity index (χ3n) is 2.95. The van der Waals surface area contributed by atoms with Crippen molar-refractivity contribution in [3.8, 4) is 0 Å². The van der Waals surface area contributed by atoms with Crippen molar-refractivity contribution >= 4 is 45.1 Å². The van der Waals surface area contributed by atoms with Gasteiger partial charge in [0, 0.05) is 13.1 Å². The quantitative estimate of drug-likeness (QED) is 0.691. The number of hydrogen-bond acceptors (Lipinski definition) is 4. The van der Waals surface area contributed by atoms with Gasteiger partial charge in [0.25, 0.3) is 5.91 Å². The van der Waals surface area contributed by atoms with Crippen LogP contribution in [0.3, 0.4) is 0 Å². The summed E-state index contributed by atoms with van der Waals surface area (Å²) in [6.45, 7) is 1.41. The van der Waals surface area contributed by atoms with E-state index in [9.17, 15) is 14.4 Å². The van der Waals surface area contributed by atoms with E-state index in [1.54, 1.807) is 17.0 Å². The molecule has 0 aromatic carbocycles. The Morgan fingerprint density at radius 2 is 1.90 bits per heavy atom. The average molecular weight is 375 g/mol. The standard InChI is InChI=1S/C12H15BrN4O3S/c13-9-4-3-8(21-9)11(19)15-16-12(20)14-7-10(18)17-5-1-2-6-17/h3-4H,1-2,5-7H2,(H,15,19)(H2,14,16,20). The van der Waals surface area contributed by atoms with Crippen molar-refractivity contribution in [3.63, 3.8) is 0 Å². The number of nitrogens with zero attached hydrogens (tertiary/aromatic N) is 1. The molecular weight excluding hydrogens is 360 g/mol. The highest BCUT2D eigenvalue weighted by Gasteiger charge is 2.18. The molecule has 2 heterocycles. The van der Waals surface area contributed by atoms with Gasteiger partial charge in [-0.05, 0) is 40.9 Å². The first kappa shape index (κ1) is 15.8. The number of hydrazine groups is 1. The number of likely N-dealkylation sites (tertiary alicyclic amines) is 1. The molecule has 3 N–H and O–H groups in total. The van der Waals surface area contributed by atoms with Crippen LogP contribution in [-0.2, 0) is 4.79 Å². The van der Waals surface area contributed by atoms with Gasteiger partial charge in [0.15, 0.2) is 0 Å². The van der Waals surface area contributed by atoms with Crippen LogP contribution in [0.4, 0.5) is 4.79 Å². The first-order valence-electron chi connectivity index (χ1n) is 6.43. The molecule has 0 unspecified atom stereocenters. The smallest absolute Gasteiger partial charge is 0.333 e. The fourth-order valence-corrected chi connectivity index (χ4v) is 3.17. The second kappa shape index (κ2) is 7.41. The van der Waals surface area contributed by atoms with E-state index in [2.05, 4.69) is 32.1 Å². The Kier molecular flexibility index (Phi) is 5.57. The summed E-state index contributed by atoms with van der Waals surface area (Å²) >= 11 is 4.50. The van der Waals surface area contributed by atoms with E-state index >= 15 is 0 Å². The highest BCUT2D eigenvalue weighted by Crippen LogP contribution is 2.21. The second-order valence-electron chi connectivity index (χ2n) is 4.45. The third-order valence-corrected chi connectivity index (χ3v) is 4.57. The molecule has 1 aliphatic heterocycles. The number of carbonyl (C=O) groups excluding carboxylic acids is 3. The maximum absolute atomic E-state index is 11.7. The number of carbonyl (C=O) groups is 3. The lowest BCUT2D eigenvalue weighted by atomic mass is 10.4. The summed E-state index contributed by atoms with van der Waals surface area (Å²) in [7, 11) is 0. The lowest BCUT2D eigenvalue weighted by molar-refractivity contribution is -0.128. The van der Waals surface area contributed by atoms with E-state index in [1.165, 1.54) is 11.3 Å². The van der Waals surface area contributed by atoms with Gasteiger partial charge < -0.3 is 10.2 Å². The Balaban J connectivity index is 1.67. The van der Waals surface area contributed by atoms with Crippen LogP contribution in [0.15, 0.2) is 15.9 Å². The fourth-order valence-electron chi connectivity index (χ4n) is 1.89. The summed E-state index contributed by atoms with van der Waals surface area (Å²) in [6, 6.07) is 2.76. The Hall–Kier alpha value is -1.61. The van der Waals surface area contributed by atoms with Crippen LogP contribution in [0.25, 0.3) is 0 Å². The van der Waals surface area contributed by atoms with E-state index in [-0.39, 0.29) is 12.5 Å². The predicted octanol–water partition coefficient (Wildman–Crippen LogP) is 1.08. The van der Waals surface area contributed by atoms with E-state index in [0.29, 0.717) is 4.88 Å². The van der Waals surface area contributed by atoms with Crippen LogP contribution in [0, 0.1) is 0 Å². The zero-order valence-electron chi connectivity index (χ0n) is 11.1. The summed E-state index contributed by atoms with van der Waals surface area (Å²) in [4.78, 5) is 37.0. The van der Waals surface area contributed by atoms with Crippen molar-refractivity contribution in [1.82, 2.24) is 21.1 Å². The highest BCUT2D eigenvalue weighted by molar-refractivity contribution is 9.11. The molecule has 0 bridgehead atoms. The molecule has 21 heavy (non-hydrogen) atoms. The molecule has 0 spiro atoms. The van der Waals surface area contributed by atoms with Gasteiger partial charge in [-0.3, -0.25) is 15.0 Å². The second-order valence-corrected chi connectivity index (χ2v) is 6.92. The van der Waals surface area contributed by atoms with Crippen molar-refractivity contribution in [2.24, 2.45) is 0 Å². The van der Waals surface area contributed by atoms with E-state index < -0.39 is 11.9 Å². The van der Waals surface area contributed by atoms with Gasteiger partial charge in [0.1, 0.15) is 0 Å². The normalized spacial score (nSPS) is 13.9. The number of hydrogen-bond donors (Lipinski definition) is 3. The first-order chi connectivity index (χ1) is 10.1. The molecule has 0 atom stereocenters. The summed E-state index contributed by atoms with van der Waals surface area (Å²) < 4.78 is 0.827. The monoisotopic (exact) mass is 374 g/mol. The van der Waals surface area contributed by atoms with Crippen molar-refractivity contribution in [1.29, 1.82) is 0 Å². The maximum Gasteiger partial charge on any atom is 0.333 e. The summed E-state index contributed by atoms with van der Waals surface area (Å²) in [5.74, 6) is -0.525. The molecule has 114 valence electrons. The van der Waals surface area contributed by atoms with Crippen molar-refractivity contribution in [2.75, 3.05) is 19.6 Å². The van der Waals surface area contributed by atoms with Gasteiger partial charge in [0.05, 0.1) is 15.2 Å². The fraction of sp³-hybridized carbons (Fsp3) is 0.417. The van der Waals surface area contributed by atoms with Gasteiger partial charge >= 0.3 is 6.03 Å². The van der Waals surface area contributed by atoms with Crippen LogP contribution in [0.5, 0.6) is 0 Å². The zero-order valence-corrected chi connectivity index (χ0v) is 13.6. The van der Waals surface area contributed by atoms with Crippen LogP contribution in [0.2, 0.25) is 0 Å². The molecule has 0 saturated carbocycles.